The van der Waals surface area contributed by atoms with Crippen LogP contribution in [0.1, 0.15) is 18.9 Å². The van der Waals surface area contributed by atoms with Crippen LogP contribution in [-0.2, 0) is 0 Å². The van der Waals surface area contributed by atoms with Crippen molar-refractivity contribution in [3.63, 3.8) is 0 Å². The van der Waals surface area contributed by atoms with Gasteiger partial charge >= 0.3 is 0 Å². The molecule has 0 spiro atoms. The Kier molecular flexibility index (Phi) is 4.01. The number of aromatic nitrogens is 1. The molecule has 2 aromatic carbocycles. The number of methoxy groups -OCH3 is 1. The third kappa shape index (κ3) is 2.67. The van der Waals surface area contributed by atoms with Crippen LogP contribution in [0.5, 0.6) is 5.75 Å². The molecule has 2 bridgehead atoms. The van der Waals surface area contributed by atoms with Gasteiger partial charge in [0, 0.05) is 23.7 Å². The Morgan fingerprint density at radius 3 is 2.44 bits per heavy atom. The van der Waals surface area contributed by atoms with E-state index in [0.29, 0.717) is 5.92 Å². The molecule has 3 saturated heterocycles. The largest absolute Gasteiger partial charge is 0.496 e. The van der Waals surface area contributed by atoms with Crippen LogP contribution in [0.25, 0.3) is 21.9 Å². The van der Waals surface area contributed by atoms with Gasteiger partial charge in [-0.2, -0.15) is 0 Å². The van der Waals surface area contributed by atoms with Crippen molar-refractivity contribution in [3.8, 4) is 16.9 Å². The van der Waals surface area contributed by atoms with Gasteiger partial charge in [0.2, 0.25) is 0 Å². The van der Waals surface area contributed by atoms with E-state index in [1.54, 1.807) is 7.11 Å². The zero-order valence-electron chi connectivity index (χ0n) is 15.6. The van der Waals surface area contributed by atoms with Crippen molar-refractivity contribution in [1.82, 2.24) is 9.47 Å². The fraction of sp³-hybridized carbons (Fsp3) is 0.348. The first-order valence-electron chi connectivity index (χ1n) is 9.76. The van der Waals surface area contributed by atoms with Gasteiger partial charge in [0.1, 0.15) is 5.75 Å². The molecule has 1 atom stereocenters. The number of hydrogen-bond acceptors (Lipinski definition) is 3. The maximum atomic E-state index is 13.4. The summed E-state index contributed by atoms with van der Waals surface area (Å²) in [7, 11) is 1.67. The van der Waals surface area contributed by atoms with Crippen molar-refractivity contribution < 1.29 is 4.74 Å². The number of fused-ring (bicyclic) bond motifs is 4. The molecule has 0 saturated carbocycles. The minimum absolute atomic E-state index is 0.0994. The predicted molar refractivity (Wildman–Crippen MR) is 108 cm³/mol. The highest BCUT2D eigenvalue weighted by molar-refractivity contribution is 6.00. The Labute approximate surface area is 159 Å². The van der Waals surface area contributed by atoms with Gasteiger partial charge in [0.15, 0.2) is 0 Å². The summed E-state index contributed by atoms with van der Waals surface area (Å²) < 4.78 is 7.64. The number of rotatable bonds is 3. The molecule has 3 aliphatic heterocycles. The summed E-state index contributed by atoms with van der Waals surface area (Å²) in [5.41, 5.74) is 2.28. The van der Waals surface area contributed by atoms with Gasteiger partial charge in [-0.1, -0.05) is 36.4 Å². The van der Waals surface area contributed by atoms with E-state index < -0.39 is 0 Å². The molecule has 1 unspecified atom stereocenters. The van der Waals surface area contributed by atoms with Crippen LogP contribution in [0.3, 0.4) is 0 Å². The molecule has 0 radical (unpaired) electrons. The van der Waals surface area contributed by atoms with Crippen LogP contribution in [-0.4, -0.2) is 36.2 Å². The highest BCUT2D eigenvalue weighted by atomic mass is 16.5. The fourth-order valence-corrected chi connectivity index (χ4v) is 4.89. The Morgan fingerprint density at radius 2 is 1.78 bits per heavy atom. The van der Waals surface area contributed by atoms with Gasteiger partial charge < -0.3 is 14.2 Å². The van der Waals surface area contributed by atoms with Crippen LogP contribution in [0.4, 0.5) is 0 Å². The van der Waals surface area contributed by atoms with Gasteiger partial charge in [0.05, 0.1) is 18.5 Å². The molecule has 6 rings (SSSR count). The standard InChI is InChI=1S/C23H24N2O2/c1-27-21-9-5-8-18-22(21)19(16-6-3-2-4-7-16)14-25(23(18)26)20-15-24-12-10-17(20)11-13-24/h2-9,14,17,20H,10-13,15H2,1H3. The van der Waals surface area contributed by atoms with Crippen LogP contribution in [0.2, 0.25) is 0 Å². The number of hydrogen-bond donors (Lipinski definition) is 0. The number of ether oxygens (including phenoxy) is 1. The quantitative estimate of drug-likeness (QED) is 0.709. The maximum Gasteiger partial charge on any atom is 0.258 e. The molecule has 3 aliphatic rings. The predicted octanol–water partition coefficient (Wildman–Crippen LogP) is 3.94. The SMILES string of the molecule is COc1cccc2c(=O)n(C3CN4CCC3CC4)cc(-c3ccccc3)c12. The first-order chi connectivity index (χ1) is 13.3. The third-order valence-corrected chi connectivity index (χ3v) is 6.31. The Balaban J connectivity index is 1.79. The molecule has 4 heterocycles. The molecule has 4 nitrogen and oxygen atoms in total. The van der Waals surface area contributed by atoms with E-state index in [1.807, 2.05) is 41.0 Å². The first-order valence-corrected chi connectivity index (χ1v) is 9.76. The van der Waals surface area contributed by atoms with Crippen molar-refractivity contribution in [3.05, 3.63) is 65.1 Å². The van der Waals surface area contributed by atoms with E-state index in [2.05, 4.69) is 23.2 Å². The third-order valence-electron chi connectivity index (χ3n) is 6.31. The lowest BCUT2D eigenvalue weighted by molar-refractivity contribution is 0.0557. The summed E-state index contributed by atoms with van der Waals surface area (Å²) in [5.74, 6) is 1.35. The Morgan fingerprint density at radius 1 is 1.00 bits per heavy atom. The molecule has 0 N–H and O–H groups in total. The van der Waals surface area contributed by atoms with E-state index in [4.69, 9.17) is 4.74 Å². The number of benzene rings is 2. The molecule has 0 aliphatic carbocycles. The Bertz CT molecular complexity index is 1030. The van der Waals surface area contributed by atoms with Crippen molar-refractivity contribution >= 4 is 10.8 Å². The summed E-state index contributed by atoms with van der Waals surface area (Å²) in [6.07, 6.45) is 4.46. The molecule has 1 aromatic heterocycles. The van der Waals surface area contributed by atoms with Crippen molar-refractivity contribution in [2.24, 2.45) is 5.92 Å². The zero-order valence-corrected chi connectivity index (χ0v) is 15.6. The summed E-state index contributed by atoms with van der Waals surface area (Å²) in [6, 6.07) is 16.4. The molecule has 0 amide bonds. The molecule has 3 fully saturated rings. The second-order valence-electron chi connectivity index (χ2n) is 7.71. The first kappa shape index (κ1) is 16.6. The normalized spacial score (nSPS) is 24.3. The second-order valence-corrected chi connectivity index (χ2v) is 7.71. The minimum Gasteiger partial charge on any atom is -0.496 e. The van der Waals surface area contributed by atoms with Gasteiger partial charge in [-0.15, -0.1) is 0 Å². The van der Waals surface area contributed by atoms with Crippen LogP contribution in [0.15, 0.2) is 59.5 Å². The van der Waals surface area contributed by atoms with Crippen LogP contribution < -0.4 is 10.3 Å². The van der Waals surface area contributed by atoms with Crippen molar-refractivity contribution in [2.75, 3.05) is 26.7 Å². The highest BCUT2D eigenvalue weighted by Crippen LogP contribution is 2.38. The maximum absolute atomic E-state index is 13.4. The van der Waals surface area contributed by atoms with E-state index in [1.165, 1.54) is 25.9 Å². The van der Waals surface area contributed by atoms with Crippen molar-refractivity contribution in [1.29, 1.82) is 0 Å². The summed E-state index contributed by atoms with van der Waals surface area (Å²) in [4.78, 5) is 15.9. The van der Waals surface area contributed by atoms with Gasteiger partial charge in [-0.3, -0.25) is 4.79 Å². The topological polar surface area (TPSA) is 34.5 Å². The second kappa shape index (κ2) is 6.54. The molecular formula is C23H24N2O2. The molecular weight excluding hydrogens is 336 g/mol. The molecule has 4 heteroatoms. The molecule has 3 aromatic rings. The average molecular weight is 360 g/mol. The molecule has 27 heavy (non-hydrogen) atoms. The smallest absolute Gasteiger partial charge is 0.258 e. The summed E-state index contributed by atoms with van der Waals surface area (Å²) >= 11 is 0. The highest BCUT2D eigenvalue weighted by Gasteiger charge is 2.36. The summed E-state index contributed by atoms with van der Waals surface area (Å²) in [5, 5.41) is 1.65. The van der Waals surface area contributed by atoms with E-state index in [0.717, 1.165) is 34.2 Å². The fourth-order valence-electron chi connectivity index (χ4n) is 4.89. The Hall–Kier alpha value is -2.59. The minimum atomic E-state index is 0.0994. The number of nitrogens with zero attached hydrogens (tertiary/aromatic N) is 2. The average Bonchev–Trinajstić information content (AvgIpc) is 2.75. The lowest BCUT2D eigenvalue weighted by Gasteiger charge is -2.45. The zero-order chi connectivity index (χ0) is 18.4. The van der Waals surface area contributed by atoms with Crippen LogP contribution >= 0.6 is 0 Å². The lowest BCUT2D eigenvalue weighted by Crippen LogP contribution is -2.50. The van der Waals surface area contributed by atoms with E-state index in [-0.39, 0.29) is 11.6 Å². The van der Waals surface area contributed by atoms with Gasteiger partial charge in [-0.25, -0.2) is 0 Å². The van der Waals surface area contributed by atoms with Gasteiger partial charge in [-0.05, 0) is 49.5 Å². The molecule has 138 valence electrons. The van der Waals surface area contributed by atoms with E-state index in [9.17, 15) is 4.79 Å². The van der Waals surface area contributed by atoms with Crippen molar-refractivity contribution in [2.45, 2.75) is 18.9 Å². The monoisotopic (exact) mass is 360 g/mol. The van der Waals surface area contributed by atoms with Crippen LogP contribution in [0, 0.1) is 5.92 Å². The van der Waals surface area contributed by atoms with E-state index >= 15 is 0 Å². The lowest BCUT2D eigenvalue weighted by atomic mass is 9.83. The number of pyridine rings is 1. The number of piperidine rings is 3. The van der Waals surface area contributed by atoms with Gasteiger partial charge in [0.25, 0.3) is 5.56 Å². The summed E-state index contributed by atoms with van der Waals surface area (Å²) in [6.45, 7) is 3.32.